The van der Waals surface area contributed by atoms with E-state index in [9.17, 15) is 13.2 Å². The van der Waals surface area contributed by atoms with E-state index in [0.717, 1.165) is 6.07 Å². The van der Waals surface area contributed by atoms with Gasteiger partial charge in [-0.25, -0.2) is 4.98 Å². The first-order chi connectivity index (χ1) is 6.95. The smallest absolute Gasteiger partial charge is 0.246 e. The molecular weight excluding hydrogens is 250 g/mol. The fourth-order valence-corrected chi connectivity index (χ4v) is 1.08. The van der Waals surface area contributed by atoms with Gasteiger partial charge in [-0.15, -0.1) is 11.6 Å². The van der Waals surface area contributed by atoms with Crippen molar-refractivity contribution in [2.45, 2.75) is 6.18 Å². The molecule has 1 aromatic heterocycles. The van der Waals surface area contributed by atoms with E-state index in [2.05, 4.69) is 16.8 Å². The van der Waals surface area contributed by atoms with Gasteiger partial charge in [0.05, 0.1) is 16.5 Å². The first kappa shape index (κ1) is 12.2. The summed E-state index contributed by atoms with van der Waals surface area (Å²) in [5.74, 6) is 4.97. The molecule has 0 amide bonds. The van der Waals surface area contributed by atoms with Crippen LogP contribution in [0.2, 0.25) is 5.02 Å². The van der Waals surface area contributed by atoms with E-state index in [1.54, 1.807) is 0 Å². The molecule has 80 valence electrons. The molecule has 0 aliphatic carbocycles. The van der Waals surface area contributed by atoms with E-state index in [1.165, 1.54) is 0 Å². The van der Waals surface area contributed by atoms with Gasteiger partial charge in [-0.2, -0.15) is 13.2 Å². The SMILES string of the molecule is FC(F)(F)c1cnc(C#CCCl)c(Cl)c1. The van der Waals surface area contributed by atoms with E-state index >= 15 is 0 Å². The van der Waals surface area contributed by atoms with E-state index in [0.29, 0.717) is 6.20 Å². The minimum Gasteiger partial charge on any atom is -0.246 e. The Kier molecular flexibility index (Phi) is 3.83. The number of pyridine rings is 1. The van der Waals surface area contributed by atoms with Gasteiger partial charge in [-0.05, 0) is 12.0 Å². The molecule has 15 heavy (non-hydrogen) atoms. The van der Waals surface area contributed by atoms with Crippen LogP contribution in [0.3, 0.4) is 0 Å². The predicted octanol–water partition coefficient (Wildman–Crippen LogP) is 3.34. The van der Waals surface area contributed by atoms with Crippen molar-refractivity contribution in [1.29, 1.82) is 0 Å². The molecule has 0 spiro atoms. The summed E-state index contributed by atoms with van der Waals surface area (Å²) < 4.78 is 36.6. The molecule has 0 saturated carbocycles. The van der Waals surface area contributed by atoms with Crippen LogP contribution in [0.1, 0.15) is 11.3 Å². The fourth-order valence-electron chi connectivity index (χ4n) is 0.802. The highest BCUT2D eigenvalue weighted by Crippen LogP contribution is 2.30. The molecule has 0 aliphatic rings. The maximum Gasteiger partial charge on any atom is 0.417 e. The Morgan fingerprint density at radius 1 is 1.40 bits per heavy atom. The van der Waals surface area contributed by atoms with Crippen molar-refractivity contribution in [3.8, 4) is 11.8 Å². The Bertz CT molecular complexity index is 418. The number of hydrogen-bond acceptors (Lipinski definition) is 1. The van der Waals surface area contributed by atoms with Crippen LogP contribution in [-0.2, 0) is 6.18 Å². The first-order valence-corrected chi connectivity index (χ1v) is 4.64. The molecule has 0 unspecified atom stereocenters. The van der Waals surface area contributed by atoms with Gasteiger partial charge < -0.3 is 0 Å². The molecular formula is C9H4Cl2F3N. The average molecular weight is 254 g/mol. The summed E-state index contributed by atoms with van der Waals surface area (Å²) >= 11 is 10.8. The molecule has 0 atom stereocenters. The summed E-state index contributed by atoms with van der Waals surface area (Å²) in [7, 11) is 0. The monoisotopic (exact) mass is 253 g/mol. The van der Waals surface area contributed by atoms with E-state index < -0.39 is 11.7 Å². The highest BCUT2D eigenvalue weighted by Gasteiger charge is 2.31. The molecule has 1 aromatic rings. The zero-order valence-electron chi connectivity index (χ0n) is 7.20. The lowest BCUT2D eigenvalue weighted by atomic mass is 10.2. The van der Waals surface area contributed by atoms with Crippen molar-refractivity contribution in [3.05, 3.63) is 28.5 Å². The normalized spacial score (nSPS) is 10.7. The van der Waals surface area contributed by atoms with Crippen LogP contribution in [-0.4, -0.2) is 10.9 Å². The molecule has 0 aliphatic heterocycles. The van der Waals surface area contributed by atoms with Crippen molar-refractivity contribution >= 4 is 23.2 Å². The van der Waals surface area contributed by atoms with Crippen LogP contribution in [0.4, 0.5) is 13.2 Å². The number of rotatable bonds is 0. The van der Waals surface area contributed by atoms with Gasteiger partial charge in [0, 0.05) is 6.20 Å². The molecule has 0 fully saturated rings. The van der Waals surface area contributed by atoms with E-state index in [-0.39, 0.29) is 16.6 Å². The largest absolute Gasteiger partial charge is 0.417 e. The van der Waals surface area contributed by atoms with Gasteiger partial charge in [0.1, 0.15) is 5.69 Å². The Labute approximate surface area is 94.2 Å². The van der Waals surface area contributed by atoms with Crippen LogP contribution in [0.15, 0.2) is 12.3 Å². The lowest BCUT2D eigenvalue weighted by molar-refractivity contribution is -0.137. The van der Waals surface area contributed by atoms with Gasteiger partial charge in [-0.1, -0.05) is 17.5 Å². The van der Waals surface area contributed by atoms with E-state index in [4.69, 9.17) is 23.2 Å². The number of aromatic nitrogens is 1. The molecule has 1 rings (SSSR count). The van der Waals surface area contributed by atoms with E-state index in [1.807, 2.05) is 0 Å². The van der Waals surface area contributed by atoms with Gasteiger partial charge in [-0.3, -0.25) is 0 Å². The highest BCUT2D eigenvalue weighted by molar-refractivity contribution is 6.31. The van der Waals surface area contributed by atoms with Crippen molar-refractivity contribution in [3.63, 3.8) is 0 Å². The molecule has 0 N–H and O–H groups in total. The Balaban J connectivity index is 3.09. The summed E-state index contributed by atoms with van der Waals surface area (Å²) in [5.41, 5.74) is -0.811. The highest BCUT2D eigenvalue weighted by atomic mass is 35.5. The van der Waals surface area contributed by atoms with Crippen molar-refractivity contribution in [1.82, 2.24) is 4.98 Å². The van der Waals surface area contributed by atoms with Gasteiger partial charge in [0.15, 0.2) is 0 Å². The fraction of sp³-hybridized carbons (Fsp3) is 0.222. The molecule has 0 aromatic carbocycles. The van der Waals surface area contributed by atoms with Crippen molar-refractivity contribution in [2.24, 2.45) is 0 Å². The Hall–Kier alpha value is -0.920. The molecule has 0 bridgehead atoms. The number of halogens is 5. The summed E-state index contributed by atoms with van der Waals surface area (Å²) in [6.45, 7) is 0. The zero-order chi connectivity index (χ0) is 11.5. The molecule has 0 saturated heterocycles. The van der Waals surface area contributed by atoms with Crippen LogP contribution >= 0.6 is 23.2 Å². The quantitative estimate of drug-likeness (QED) is 0.511. The topological polar surface area (TPSA) is 12.9 Å². The third kappa shape index (κ3) is 3.29. The van der Waals surface area contributed by atoms with Gasteiger partial charge >= 0.3 is 6.18 Å². The average Bonchev–Trinajstić information content (AvgIpc) is 2.14. The van der Waals surface area contributed by atoms with Gasteiger partial charge in [0.2, 0.25) is 0 Å². The number of alkyl halides is 4. The minimum absolute atomic E-state index is 0.0685. The summed E-state index contributed by atoms with van der Waals surface area (Å²) in [4.78, 5) is 3.50. The van der Waals surface area contributed by atoms with Crippen LogP contribution in [0, 0.1) is 11.8 Å². The van der Waals surface area contributed by atoms with Crippen molar-refractivity contribution in [2.75, 3.05) is 5.88 Å². The second-order valence-electron chi connectivity index (χ2n) is 2.49. The standard InChI is InChI=1S/C9H4Cl2F3N/c10-3-1-2-8-7(11)4-6(5-15-8)9(12,13)14/h4-5H,3H2. The lowest BCUT2D eigenvalue weighted by Crippen LogP contribution is -2.05. The summed E-state index contributed by atoms with van der Waals surface area (Å²) in [6.07, 6.45) is -3.76. The second kappa shape index (κ2) is 4.73. The van der Waals surface area contributed by atoms with Crippen molar-refractivity contribution < 1.29 is 13.2 Å². The third-order valence-corrected chi connectivity index (χ3v) is 1.86. The first-order valence-electron chi connectivity index (χ1n) is 3.72. The molecule has 1 nitrogen and oxygen atoms in total. The van der Waals surface area contributed by atoms with Gasteiger partial charge in [0.25, 0.3) is 0 Å². The second-order valence-corrected chi connectivity index (χ2v) is 3.16. The molecule has 6 heteroatoms. The predicted molar refractivity (Wildman–Crippen MR) is 51.8 cm³/mol. The number of hydrogen-bond donors (Lipinski definition) is 0. The number of nitrogens with zero attached hydrogens (tertiary/aromatic N) is 1. The van der Waals surface area contributed by atoms with Crippen LogP contribution < -0.4 is 0 Å². The summed E-state index contributed by atoms with van der Waals surface area (Å²) in [5, 5.41) is -0.137. The Morgan fingerprint density at radius 2 is 2.07 bits per heavy atom. The van der Waals surface area contributed by atoms with Crippen LogP contribution in [0.5, 0.6) is 0 Å². The minimum atomic E-state index is -4.45. The maximum atomic E-state index is 12.2. The summed E-state index contributed by atoms with van der Waals surface area (Å²) in [6, 6.07) is 0.785. The third-order valence-electron chi connectivity index (χ3n) is 1.44. The zero-order valence-corrected chi connectivity index (χ0v) is 8.71. The maximum absolute atomic E-state index is 12.2. The lowest BCUT2D eigenvalue weighted by Gasteiger charge is -2.06. The Morgan fingerprint density at radius 3 is 2.53 bits per heavy atom. The van der Waals surface area contributed by atoms with Crippen LogP contribution in [0.25, 0.3) is 0 Å². The molecule has 1 heterocycles. The molecule has 0 radical (unpaired) electrons.